The Morgan fingerprint density at radius 3 is 2.50 bits per heavy atom. The van der Waals surface area contributed by atoms with Crippen LogP contribution >= 0.6 is 11.3 Å². The van der Waals surface area contributed by atoms with Crippen LogP contribution in [0.3, 0.4) is 0 Å². The molecule has 1 aromatic heterocycles. The molecule has 1 aliphatic carbocycles. The topological polar surface area (TPSA) is 38.9 Å². The van der Waals surface area contributed by atoms with Crippen molar-refractivity contribution in [3.63, 3.8) is 0 Å². The van der Waals surface area contributed by atoms with Gasteiger partial charge in [-0.15, -0.1) is 11.3 Å². The number of hydrogen-bond acceptors (Lipinski definition) is 3. The fourth-order valence-electron chi connectivity index (χ4n) is 2.57. The minimum atomic E-state index is 0.327. The second-order valence-corrected chi connectivity index (χ2v) is 6.95. The molecule has 90 valence electrons. The molecule has 0 atom stereocenters. The van der Waals surface area contributed by atoms with Gasteiger partial charge < -0.3 is 5.73 Å². The number of thiazole rings is 1. The van der Waals surface area contributed by atoms with Crippen molar-refractivity contribution in [2.24, 2.45) is 16.6 Å². The molecule has 0 unspecified atom stereocenters. The van der Waals surface area contributed by atoms with Gasteiger partial charge in [0.2, 0.25) is 0 Å². The minimum Gasteiger partial charge on any atom is -0.330 e. The average Bonchev–Trinajstić information content (AvgIpc) is 2.74. The Kier molecular flexibility index (Phi) is 3.36. The van der Waals surface area contributed by atoms with Crippen LogP contribution in [0, 0.1) is 10.8 Å². The summed E-state index contributed by atoms with van der Waals surface area (Å²) in [6, 6.07) is 0. The maximum absolute atomic E-state index is 6.02. The van der Waals surface area contributed by atoms with Gasteiger partial charge in [-0.05, 0) is 43.1 Å². The van der Waals surface area contributed by atoms with Crippen molar-refractivity contribution in [1.82, 2.24) is 4.98 Å². The molecule has 1 fully saturated rings. The van der Waals surface area contributed by atoms with Crippen LogP contribution < -0.4 is 5.73 Å². The van der Waals surface area contributed by atoms with Crippen molar-refractivity contribution in [1.29, 1.82) is 0 Å². The molecule has 2 rings (SSSR count). The third-order valence-electron chi connectivity index (χ3n) is 4.11. The first kappa shape index (κ1) is 12.1. The number of hydrogen-bond donors (Lipinski definition) is 1. The van der Waals surface area contributed by atoms with Gasteiger partial charge >= 0.3 is 0 Å². The van der Waals surface area contributed by atoms with Gasteiger partial charge in [0.25, 0.3) is 0 Å². The lowest BCUT2D eigenvalue weighted by Gasteiger charge is -2.42. The highest BCUT2D eigenvalue weighted by Gasteiger charge is 2.37. The van der Waals surface area contributed by atoms with Crippen molar-refractivity contribution >= 4 is 11.3 Å². The van der Waals surface area contributed by atoms with E-state index in [0.717, 1.165) is 13.0 Å². The molecule has 1 saturated carbocycles. The summed E-state index contributed by atoms with van der Waals surface area (Å²) in [6.45, 7) is 5.55. The van der Waals surface area contributed by atoms with Crippen molar-refractivity contribution in [2.45, 2.75) is 46.0 Å². The normalized spacial score (nSPS) is 23.2. The van der Waals surface area contributed by atoms with Crippen LogP contribution in [0.5, 0.6) is 0 Å². The Bertz CT molecular complexity index is 320. The van der Waals surface area contributed by atoms with Crippen molar-refractivity contribution in [3.05, 3.63) is 16.6 Å². The summed E-state index contributed by atoms with van der Waals surface area (Å²) in [5.74, 6) is 0. The van der Waals surface area contributed by atoms with Gasteiger partial charge in [0.1, 0.15) is 0 Å². The number of rotatable bonds is 3. The first-order chi connectivity index (χ1) is 7.55. The Balaban J connectivity index is 2.04. The zero-order chi connectivity index (χ0) is 11.6. The Morgan fingerprint density at radius 1 is 1.31 bits per heavy atom. The highest BCUT2D eigenvalue weighted by molar-refractivity contribution is 7.09. The van der Waals surface area contributed by atoms with Gasteiger partial charge in [-0.1, -0.05) is 13.8 Å². The fourth-order valence-corrected chi connectivity index (χ4v) is 3.36. The highest BCUT2D eigenvalue weighted by Crippen LogP contribution is 2.46. The summed E-state index contributed by atoms with van der Waals surface area (Å²) in [5, 5.41) is 3.32. The van der Waals surface area contributed by atoms with Gasteiger partial charge in [-0.2, -0.15) is 0 Å². The monoisotopic (exact) mass is 238 g/mol. The van der Waals surface area contributed by atoms with E-state index < -0.39 is 0 Å². The summed E-state index contributed by atoms with van der Waals surface area (Å²) in [4.78, 5) is 4.40. The number of nitrogens with two attached hydrogens (primary N) is 1. The average molecular weight is 238 g/mol. The summed E-state index contributed by atoms with van der Waals surface area (Å²) in [6.07, 6.45) is 8.10. The molecule has 0 amide bonds. The molecular formula is C13H22N2S. The third-order valence-corrected chi connectivity index (χ3v) is 4.89. The van der Waals surface area contributed by atoms with Crippen LogP contribution in [-0.4, -0.2) is 11.5 Å². The van der Waals surface area contributed by atoms with Gasteiger partial charge in [0, 0.05) is 18.0 Å². The van der Waals surface area contributed by atoms with E-state index in [1.54, 1.807) is 11.3 Å². The van der Waals surface area contributed by atoms with Crippen molar-refractivity contribution in [2.75, 3.05) is 6.54 Å². The first-order valence-corrected chi connectivity index (χ1v) is 7.02. The Labute approximate surface area is 102 Å². The maximum Gasteiger partial charge on any atom is 0.0930 e. The molecule has 0 spiro atoms. The molecule has 0 aromatic carbocycles. The SMILES string of the molecule is CC1(C)CCC(CN)(Cc2nccs2)CC1. The molecule has 1 aromatic rings. The largest absolute Gasteiger partial charge is 0.330 e. The quantitative estimate of drug-likeness (QED) is 0.878. The summed E-state index contributed by atoms with van der Waals surface area (Å²) in [7, 11) is 0. The second kappa shape index (κ2) is 4.46. The van der Waals surface area contributed by atoms with E-state index in [0.29, 0.717) is 10.8 Å². The van der Waals surface area contributed by atoms with E-state index >= 15 is 0 Å². The van der Waals surface area contributed by atoms with Crippen LogP contribution in [0.4, 0.5) is 0 Å². The lowest BCUT2D eigenvalue weighted by Crippen LogP contribution is -2.38. The molecule has 0 saturated heterocycles. The van der Waals surface area contributed by atoms with E-state index in [-0.39, 0.29) is 0 Å². The molecule has 0 bridgehead atoms. The smallest absolute Gasteiger partial charge is 0.0930 e. The molecule has 2 nitrogen and oxygen atoms in total. The summed E-state index contributed by atoms with van der Waals surface area (Å²) >= 11 is 1.76. The van der Waals surface area contributed by atoms with Gasteiger partial charge in [-0.3, -0.25) is 0 Å². The highest BCUT2D eigenvalue weighted by atomic mass is 32.1. The molecular weight excluding hydrogens is 216 g/mol. The van der Waals surface area contributed by atoms with Gasteiger partial charge in [0.15, 0.2) is 0 Å². The lowest BCUT2D eigenvalue weighted by molar-refractivity contribution is 0.108. The molecule has 0 radical (unpaired) electrons. The van der Waals surface area contributed by atoms with E-state index in [9.17, 15) is 0 Å². The van der Waals surface area contributed by atoms with Crippen molar-refractivity contribution in [3.8, 4) is 0 Å². The Morgan fingerprint density at radius 2 is 2.00 bits per heavy atom. The third kappa shape index (κ3) is 2.64. The molecule has 16 heavy (non-hydrogen) atoms. The molecule has 0 aliphatic heterocycles. The predicted octanol–water partition coefficient (Wildman–Crippen LogP) is 3.23. The number of aromatic nitrogens is 1. The molecule has 1 heterocycles. The molecule has 2 N–H and O–H groups in total. The van der Waals surface area contributed by atoms with Crippen molar-refractivity contribution < 1.29 is 0 Å². The standard InChI is InChI=1S/C13H22N2S/c1-12(2)3-5-13(10-14,6-4-12)9-11-15-7-8-16-11/h7-8H,3-6,9-10,14H2,1-2H3. The maximum atomic E-state index is 6.02. The fraction of sp³-hybridized carbons (Fsp3) is 0.769. The predicted molar refractivity (Wildman–Crippen MR) is 69.6 cm³/mol. The van der Waals surface area contributed by atoms with Crippen LogP contribution in [0.1, 0.15) is 44.5 Å². The van der Waals surface area contributed by atoms with Crippen LogP contribution in [0.25, 0.3) is 0 Å². The Hall–Kier alpha value is -0.410. The number of nitrogens with zero attached hydrogens (tertiary/aromatic N) is 1. The molecule has 1 aliphatic rings. The first-order valence-electron chi connectivity index (χ1n) is 6.14. The van der Waals surface area contributed by atoms with E-state index in [4.69, 9.17) is 5.73 Å². The summed E-state index contributed by atoms with van der Waals surface area (Å²) < 4.78 is 0. The van der Waals surface area contributed by atoms with Crippen LogP contribution in [-0.2, 0) is 6.42 Å². The van der Waals surface area contributed by atoms with E-state index in [1.807, 2.05) is 6.20 Å². The lowest BCUT2D eigenvalue weighted by atomic mass is 9.64. The van der Waals surface area contributed by atoms with Gasteiger partial charge in [-0.25, -0.2) is 4.98 Å². The minimum absolute atomic E-state index is 0.327. The second-order valence-electron chi connectivity index (χ2n) is 5.97. The summed E-state index contributed by atoms with van der Waals surface area (Å²) in [5.41, 5.74) is 6.86. The van der Waals surface area contributed by atoms with Crippen LogP contribution in [0.15, 0.2) is 11.6 Å². The van der Waals surface area contributed by atoms with Crippen LogP contribution in [0.2, 0.25) is 0 Å². The molecule has 3 heteroatoms. The zero-order valence-corrected chi connectivity index (χ0v) is 11.1. The van der Waals surface area contributed by atoms with Gasteiger partial charge in [0.05, 0.1) is 5.01 Å². The zero-order valence-electron chi connectivity index (χ0n) is 10.3. The van der Waals surface area contributed by atoms with E-state index in [2.05, 4.69) is 24.2 Å². The van der Waals surface area contributed by atoms with E-state index in [1.165, 1.54) is 30.7 Å².